The zero-order valence-corrected chi connectivity index (χ0v) is 17.2. The lowest BCUT2D eigenvalue weighted by atomic mass is 10.0. The van der Waals surface area contributed by atoms with E-state index >= 15 is 0 Å². The molecule has 3 rings (SSSR count). The second-order valence-corrected chi connectivity index (χ2v) is 8.20. The Labute approximate surface area is 167 Å². The van der Waals surface area contributed by atoms with Gasteiger partial charge in [0.05, 0.1) is 23.4 Å². The molecule has 2 heterocycles. The summed E-state index contributed by atoms with van der Waals surface area (Å²) < 4.78 is 0. The van der Waals surface area contributed by atoms with E-state index in [0.717, 1.165) is 18.8 Å². The van der Waals surface area contributed by atoms with Crippen LogP contribution in [0.3, 0.4) is 0 Å². The van der Waals surface area contributed by atoms with E-state index in [1.165, 1.54) is 5.56 Å². The third-order valence-electron chi connectivity index (χ3n) is 5.25. The first-order valence-electron chi connectivity index (χ1n) is 9.85. The lowest BCUT2D eigenvalue weighted by molar-refractivity contribution is 0.0169. The van der Waals surface area contributed by atoms with Gasteiger partial charge in [-0.1, -0.05) is 44.2 Å². The fraction of sp³-hybridized carbons (Fsp3) is 0.500. The van der Waals surface area contributed by atoms with E-state index in [9.17, 15) is 9.90 Å². The maximum Gasteiger partial charge on any atom is 0.257 e. The molecular weight excluding hydrogens is 352 g/mol. The predicted octanol–water partition coefficient (Wildman–Crippen LogP) is 2.62. The molecule has 1 aliphatic rings. The van der Waals surface area contributed by atoms with E-state index in [1.807, 2.05) is 39.0 Å². The average molecular weight is 383 g/mol. The Hall–Kier alpha value is -2.31. The summed E-state index contributed by atoms with van der Waals surface area (Å²) in [5.74, 6) is 0.650. The highest BCUT2D eigenvalue weighted by molar-refractivity contribution is 5.95. The van der Waals surface area contributed by atoms with Crippen molar-refractivity contribution < 1.29 is 9.90 Å². The largest absolute Gasteiger partial charge is 0.387 e. The van der Waals surface area contributed by atoms with Gasteiger partial charge in [0.15, 0.2) is 0 Å². The molecule has 1 aromatic heterocycles. The molecule has 0 saturated carbocycles. The predicted molar refractivity (Wildman–Crippen MR) is 109 cm³/mol. The zero-order chi connectivity index (χ0) is 20.3. The van der Waals surface area contributed by atoms with Gasteiger partial charge in [0.2, 0.25) is 0 Å². The second-order valence-electron chi connectivity index (χ2n) is 8.20. The first kappa shape index (κ1) is 20.4. The van der Waals surface area contributed by atoms with Crippen molar-refractivity contribution >= 4 is 5.91 Å². The first-order valence-corrected chi connectivity index (χ1v) is 9.85. The van der Waals surface area contributed by atoms with Crippen molar-refractivity contribution in [3.63, 3.8) is 0 Å². The number of carbonyl (C=O) groups is 1. The number of aliphatic hydroxyl groups is 1. The molecule has 0 aliphatic carbocycles. The fourth-order valence-corrected chi connectivity index (χ4v) is 3.86. The Morgan fingerprint density at radius 1 is 1.32 bits per heavy atom. The zero-order valence-electron chi connectivity index (χ0n) is 17.2. The lowest BCUT2D eigenvalue weighted by Gasteiger charge is -2.29. The maximum atomic E-state index is 13.0. The van der Waals surface area contributed by atoms with Gasteiger partial charge in [0.1, 0.15) is 5.82 Å². The van der Waals surface area contributed by atoms with Gasteiger partial charge in [0, 0.05) is 32.9 Å². The number of aromatic nitrogens is 2. The van der Waals surface area contributed by atoms with E-state index in [4.69, 9.17) is 0 Å². The molecular formula is C22H30N4O2. The van der Waals surface area contributed by atoms with Crippen LogP contribution in [0.15, 0.2) is 36.5 Å². The van der Waals surface area contributed by atoms with Crippen LogP contribution in [0, 0.1) is 6.92 Å². The molecule has 0 radical (unpaired) electrons. The van der Waals surface area contributed by atoms with E-state index in [2.05, 4.69) is 27.0 Å². The molecule has 1 aromatic carbocycles. The van der Waals surface area contributed by atoms with Crippen LogP contribution in [0.4, 0.5) is 0 Å². The molecule has 1 amide bonds. The summed E-state index contributed by atoms with van der Waals surface area (Å²) in [6, 6.07) is 10.3. The SMILES string of the molecule is Cc1ncc(C(=O)N(C)CC2(O)CCN(Cc3ccccc3)C2)c(C(C)C)n1. The highest BCUT2D eigenvalue weighted by Gasteiger charge is 2.38. The molecule has 0 spiro atoms. The van der Waals surface area contributed by atoms with Crippen LogP contribution in [-0.4, -0.2) is 63.1 Å². The number of nitrogens with zero attached hydrogens (tertiary/aromatic N) is 4. The monoisotopic (exact) mass is 382 g/mol. The van der Waals surface area contributed by atoms with Gasteiger partial charge < -0.3 is 10.0 Å². The minimum absolute atomic E-state index is 0.130. The van der Waals surface area contributed by atoms with Gasteiger partial charge in [-0.25, -0.2) is 9.97 Å². The van der Waals surface area contributed by atoms with Crippen LogP contribution in [0.25, 0.3) is 0 Å². The van der Waals surface area contributed by atoms with Crippen LogP contribution in [-0.2, 0) is 6.54 Å². The maximum absolute atomic E-state index is 13.0. The molecule has 6 heteroatoms. The molecule has 2 aromatic rings. The molecule has 6 nitrogen and oxygen atoms in total. The van der Waals surface area contributed by atoms with Crippen molar-refractivity contribution in [2.24, 2.45) is 0 Å². The van der Waals surface area contributed by atoms with Gasteiger partial charge in [0.25, 0.3) is 5.91 Å². The van der Waals surface area contributed by atoms with Gasteiger partial charge >= 0.3 is 0 Å². The Morgan fingerprint density at radius 2 is 2.04 bits per heavy atom. The van der Waals surface area contributed by atoms with Crippen LogP contribution >= 0.6 is 0 Å². The summed E-state index contributed by atoms with van der Waals surface area (Å²) in [5, 5.41) is 11.1. The molecule has 1 saturated heterocycles. The van der Waals surface area contributed by atoms with Gasteiger partial charge in [-0.05, 0) is 24.8 Å². The minimum atomic E-state index is -0.900. The third kappa shape index (κ3) is 4.75. The Bertz CT molecular complexity index is 825. The van der Waals surface area contributed by atoms with E-state index < -0.39 is 5.60 Å². The van der Waals surface area contributed by atoms with Crippen molar-refractivity contribution in [3.05, 3.63) is 59.2 Å². The van der Waals surface area contributed by atoms with Crippen LogP contribution in [0.2, 0.25) is 0 Å². The molecule has 1 unspecified atom stereocenters. The fourth-order valence-electron chi connectivity index (χ4n) is 3.86. The molecule has 1 atom stereocenters. The Kier molecular flexibility index (Phi) is 6.10. The topological polar surface area (TPSA) is 69.6 Å². The summed E-state index contributed by atoms with van der Waals surface area (Å²) in [5.41, 5.74) is 1.61. The van der Waals surface area contributed by atoms with E-state index in [1.54, 1.807) is 18.1 Å². The summed E-state index contributed by atoms with van der Waals surface area (Å²) in [4.78, 5) is 25.5. The van der Waals surface area contributed by atoms with Crippen molar-refractivity contribution in [3.8, 4) is 0 Å². The number of carbonyl (C=O) groups excluding carboxylic acids is 1. The summed E-state index contributed by atoms with van der Waals surface area (Å²) >= 11 is 0. The smallest absolute Gasteiger partial charge is 0.257 e. The number of likely N-dealkylation sites (N-methyl/N-ethyl adjacent to an activating group) is 1. The first-order chi connectivity index (χ1) is 13.3. The molecule has 28 heavy (non-hydrogen) atoms. The normalized spacial score (nSPS) is 19.9. The van der Waals surface area contributed by atoms with Gasteiger partial charge in [-0.3, -0.25) is 9.69 Å². The Morgan fingerprint density at radius 3 is 2.71 bits per heavy atom. The average Bonchev–Trinajstić information content (AvgIpc) is 3.02. The molecule has 0 bridgehead atoms. The van der Waals surface area contributed by atoms with Gasteiger partial charge in [-0.15, -0.1) is 0 Å². The molecule has 150 valence electrons. The highest BCUT2D eigenvalue weighted by Crippen LogP contribution is 2.25. The van der Waals surface area contributed by atoms with Crippen molar-refractivity contribution in [2.45, 2.75) is 45.3 Å². The van der Waals surface area contributed by atoms with Crippen molar-refractivity contribution in [1.82, 2.24) is 19.8 Å². The second kappa shape index (κ2) is 8.37. The third-order valence-corrected chi connectivity index (χ3v) is 5.25. The number of hydrogen-bond donors (Lipinski definition) is 1. The summed E-state index contributed by atoms with van der Waals surface area (Å²) in [6.07, 6.45) is 2.26. The van der Waals surface area contributed by atoms with Crippen LogP contribution < -0.4 is 0 Å². The highest BCUT2D eigenvalue weighted by atomic mass is 16.3. The lowest BCUT2D eigenvalue weighted by Crippen LogP contribution is -2.46. The molecule has 1 aliphatic heterocycles. The van der Waals surface area contributed by atoms with Crippen LogP contribution in [0.5, 0.6) is 0 Å². The molecule has 1 fully saturated rings. The number of rotatable bonds is 6. The number of benzene rings is 1. The van der Waals surface area contributed by atoms with Gasteiger partial charge in [-0.2, -0.15) is 0 Å². The quantitative estimate of drug-likeness (QED) is 0.832. The standard InChI is InChI=1S/C22H30N4O2/c1-16(2)20-19(12-23-17(3)24-20)21(27)25(4)14-22(28)10-11-26(15-22)13-18-8-6-5-7-9-18/h5-9,12,16,28H,10-11,13-15H2,1-4H3. The van der Waals surface area contributed by atoms with Crippen molar-refractivity contribution in [2.75, 3.05) is 26.7 Å². The number of amides is 1. The van der Waals surface area contributed by atoms with Crippen LogP contribution in [0.1, 0.15) is 53.6 Å². The van der Waals surface area contributed by atoms with Crippen molar-refractivity contribution in [1.29, 1.82) is 0 Å². The number of likely N-dealkylation sites (tertiary alicyclic amines) is 1. The number of aryl methyl sites for hydroxylation is 1. The summed E-state index contributed by atoms with van der Waals surface area (Å²) in [6.45, 7) is 8.34. The minimum Gasteiger partial charge on any atom is -0.387 e. The Balaban J connectivity index is 1.66. The van der Waals surface area contributed by atoms with E-state index in [0.29, 0.717) is 30.9 Å². The number of β-amino-alcohol motifs (C(OH)–C–C–N with tert-alkyl or cyclic N) is 1. The summed E-state index contributed by atoms with van der Waals surface area (Å²) in [7, 11) is 1.74. The number of hydrogen-bond acceptors (Lipinski definition) is 5. The molecule has 1 N–H and O–H groups in total. The van der Waals surface area contributed by atoms with E-state index in [-0.39, 0.29) is 11.8 Å².